The number of rotatable bonds is 6. The molecule has 2 heterocycles. The lowest BCUT2D eigenvalue weighted by Gasteiger charge is -2.13. The number of furan rings is 2. The van der Waals surface area contributed by atoms with Crippen molar-refractivity contribution in [2.45, 2.75) is 19.6 Å². The van der Waals surface area contributed by atoms with Crippen LogP contribution in [0.2, 0.25) is 0 Å². The van der Waals surface area contributed by atoms with Crippen molar-refractivity contribution < 1.29 is 13.6 Å². The summed E-state index contributed by atoms with van der Waals surface area (Å²) in [6, 6.07) is 5.87. The number of hydrogen-bond donors (Lipinski definition) is 1. The average molecular weight is 235 g/mol. The van der Waals surface area contributed by atoms with Gasteiger partial charge in [0.2, 0.25) is 0 Å². The molecule has 1 atom stereocenters. The second kappa shape index (κ2) is 5.70. The smallest absolute Gasteiger partial charge is 0.129 e. The topological polar surface area (TPSA) is 47.5 Å². The summed E-state index contributed by atoms with van der Waals surface area (Å²) in [5.74, 6) is 1.70. The zero-order valence-electron chi connectivity index (χ0n) is 10.1. The molecule has 17 heavy (non-hydrogen) atoms. The molecule has 1 N–H and O–H groups in total. The van der Waals surface area contributed by atoms with E-state index in [1.807, 2.05) is 18.2 Å². The fourth-order valence-electron chi connectivity index (χ4n) is 1.80. The van der Waals surface area contributed by atoms with Gasteiger partial charge in [-0.1, -0.05) is 6.92 Å². The molecule has 4 nitrogen and oxygen atoms in total. The summed E-state index contributed by atoms with van der Waals surface area (Å²) in [4.78, 5) is 0. The minimum absolute atomic E-state index is 0.0318. The second-order valence-corrected chi connectivity index (χ2v) is 3.78. The average Bonchev–Trinajstić information content (AvgIpc) is 2.97. The highest BCUT2D eigenvalue weighted by Crippen LogP contribution is 2.24. The van der Waals surface area contributed by atoms with E-state index in [1.165, 1.54) is 0 Å². The van der Waals surface area contributed by atoms with Crippen molar-refractivity contribution in [1.82, 2.24) is 5.32 Å². The Kier molecular flexibility index (Phi) is 4.01. The molecule has 0 saturated heterocycles. The summed E-state index contributed by atoms with van der Waals surface area (Å²) < 4.78 is 15.9. The first kappa shape index (κ1) is 12.0. The van der Waals surface area contributed by atoms with Gasteiger partial charge in [-0.3, -0.25) is 0 Å². The predicted molar refractivity (Wildman–Crippen MR) is 63.6 cm³/mol. The molecule has 2 aromatic rings. The van der Waals surface area contributed by atoms with E-state index in [0.717, 1.165) is 23.6 Å². The summed E-state index contributed by atoms with van der Waals surface area (Å²) >= 11 is 0. The van der Waals surface area contributed by atoms with Gasteiger partial charge in [0.15, 0.2) is 0 Å². The first-order valence-corrected chi connectivity index (χ1v) is 5.68. The summed E-state index contributed by atoms with van der Waals surface area (Å²) in [5.41, 5.74) is 1.06. The van der Waals surface area contributed by atoms with Gasteiger partial charge in [-0.2, -0.15) is 0 Å². The lowest BCUT2D eigenvalue weighted by molar-refractivity contribution is 0.162. The van der Waals surface area contributed by atoms with Gasteiger partial charge in [-0.25, -0.2) is 0 Å². The van der Waals surface area contributed by atoms with Gasteiger partial charge in [0.1, 0.15) is 18.1 Å². The van der Waals surface area contributed by atoms with E-state index in [9.17, 15) is 0 Å². The van der Waals surface area contributed by atoms with E-state index < -0.39 is 0 Å². The van der Waals surface area contributed by atoms with Gasteiger partial charge < -0.3 is 18.9 Å². The molecule has 92 valence electrons. The Morgan fingerprint density at radius 1 is 1.35 bits per heavy atom. The summed E-state index contributed by atoms with van der Waals surface area (Å²) in [6.45, 7) is 3.41. The van der Waals surface area contributed by atoms with Crippen molar-refractivity contribution in [3.05, 3.63) is 47.8 Å². The Morgan fingerprint density at radius 3 is 2.88 bits per heavy atom. The van der Waals surface area contributed by atoms with E-state index in [2.05, 4.69) is 12.2 Å². The van der Waals surface area contributed by atoms with E-state index in [1.54, 1.807) is 19.6 Å². The van der Waals surface area contributed by atoms with E-state index in [0.29, 0.717) is 6.61 Å². The third kappa shape index (κ3) is 2.78. The molecule has 0 aromatic carbocycles. The minimum atomic E-state index is 0.0318. The van der Waals surface area contributed by atoms with Crippen LogP contribution in [-0.4, -0.2) is 13.7 Å². The molecular formula is C13H17NO3. The zero-order valence-corrected chi connectivity index (χ0v) is 10.1. The standard InChI is InChI=1S/C13H17NO3/c1-3-14-13(10-6-7-16-8-10)12-5-4-11(17-12)9-15-2/h4-8,13-14H,3,9H2,1-2H3. The first-order valence-electron chi connectivity index (χ1n) is 5.68. The molecule has 0 aliphatic carbocycles. The van der Waals surface area contributed by atoms with E-state index >= 15 is 0 Å². The predicted octanol–water partition coefficient (Wildman–Crippen LogP) is 2.72. The first-order chi connectivity index (χ1) is 8.35. The highest BCUT2D eigenvalue weighted by Gasteiger charge is 2.17. The molecule has 0 bridgehead atoms. The lowest BCUT2D eigenvalue weighted by Crippen LogP contribution is -2.20. The van der Waals surface area contributed by atoms with Crippen molar-refractivity contribution in [1.29, 1.82) is 0 Å². The van der Waals surface area contributed by atoms with Crippen LogP contribution in [-0.2, 0) is 11.3 Å². The fraction of sp³-hybridized carbons (Fsp3) is 0.385. The lowest BCUT2D eigenvalue weighted by atomic mass is 10.1. The molecule has 0 aliphatic rings. The van der Waals surface area contributed by atoms with E-state index in [4.69, 9.17) is 13.6 Å². The maximum absolute atomic E-state index is 5.73. The molecule has 2 aromatic heterocycles. The maximum Gasteiger partial charge on any atom is 0.129 e. The Bertz CT molecular complexity index is 433. The maximum atomic E-state index is 5.73. The number of nitrogens with one attached hydrogen (secondary N) is 1. The van der Waals surface area contributed by atoms with Crippen LogP contribution in [0.5, 0.6) is 0 Å². The van der Waals surface area contributed by atoms with Gasteiger partial charge in [0.25, 0.3) is 0 Å². The third-order valence-electron chi connectivity index (χ3n) is 2.54. The van der Waals surface area contributed by atoms with Crippen molar-refractivity contribution in [2.24, 2.45) is 0 Å². The molecule has 0 radical (unpaired) electrons. The number of hydrogen-bond acceptors (Lipinski definition) is 4. The monoisotopic (exact) mass is 235 g/mol. The number of methoxy groups -OCH3 is 1. The second-order valence-electron chi connectivity index (χ2n) is 3.78. The van der Waals surface area contributed by atoms with Crippen molar-refractivity contribution in [2.75, 3.05) is 13.7 Å². The van der Waals surface area contributed by atoms with Crippen LogP contribution in [0.3, 0.4) is 0 Å². The van der Waals surface area contributed by atoms with Crippen LogP contribution in [0.25, 0.3) is 0 Å². The normalized spacial score (nSPS) is 12.8. The third-order valence-corrected chi connectivity index (χ3v) is 2.54. The van der Waals surface area contributed by atoms with Crippen molar-refractivity contribution in [3.63, 3.8) is 0 Å². The van der Waals surface area contributed by atoms with Gasteiger partial charge in [-0.05, 0) is 24.7 Å². The molecule has 0 saturated carbocycles. The van der Waals surface area contributed by atoms with Crippen molar-refractivity contribution >= 4 is 0 Å². The number of ether oxygens (including phenoxy) is 1. The summed E-state index contributed by atoms with van der Waals surface area (Å²) in [6.07, 6.45) is 3.39. The Morgan fingerprint density at radius 2 is 2.24 bits per heavy atom. The molecule has 4 heteroatoms. The Labute approximate surface area is 101 Å². The zero-order chi connectivity index (χ0) is 12.1. The minimum Gasteiger partial charge on any atom is -0.472 e. The Balaban J connectivity index is 2.20. The van der Waals surface area contributed by atoms with Crippen LogP contribution in [0.4, 0.5) is 0 Å². The van der Waals surface area contributed by atoms with Crippen LogP contribution < -0.4 is 5.32 Å². The highest BCUT2D eigenvalue weighted by atomic mass is 16.5. The van der Waals surface area contributed by atoms with Gasteiger partial charge >= 0.3 is 0 Å². The molecule has 0 fully saturated rings. The summed E-state index contributed by atoms with van der Waals surface area (Å²) in [7, 11) is 1.65. The highest BCUT2D eigenvalue weighted by molar-refractivity contribution is 5.23. The van der Waals surface area contributed by atoms with Crippen LogP contribution >= 0.6 is 0 Å². The van der Waals surface area contributed by atoms with Crippen molar-refractivity contribution in [3.8, 4) is 0 Å². The van der Waals surface area contributed by atoms with Gasteiger partial charge in [0.05, 0.1) is 18.6 Å². The quantitative estimate of drug-likeness (QED) is 0.836. The molecule has 1 unspecified atom stereocenters. The van der Waals surface area contributed by atoms with Crippen LogP contribution in [0.15, 0.2) is 39.6 Å². The molecule has 0 spiro atoms. The molecular weight excluding hydrogens is 218 g/mol. The largest absolute Gasteiger partial charge is 0.472 e. The molecule has 0 amide bonds. The van der Waals surface area contributed by atoms with Crippen LogP contribution in [0.1, 0.15) is 30.0 Å². The van der Waals surface area contributed by atoms with Gasteiger partial charge in [0, 0.05) is 12.7 Å². The van der Waals surface area contributed by atoms with Crippen LogP contribution in [0, 0.1) is 0 Å². The Hall–Kier alpha value is -1.52. The molecule has 2 rings (SSSR count). The molecule has 0 aliphatic heterocycles. The SMILES string of the molecule is CCNC(c1ccoc1)c1ccc(COC)o1. The van der Waals surface area contributed by atoms with E-state index in [-0.39, 0.29) is 6.04 Å². The van der Waals surface area contributed by atoms with Gasteiger partial charge in [-0.15, -0.1) is 0 Å². The fourth-order valence-corrected chi connectivity index (χ4v) is 1.80. The summed E-state index contributed by atoms with van der Waals surface area (Å²) in [5, 5.41) is 3.36.